The third-order valence-corrected chi connectivity index (χ3v) is 2.08. The van der Waals surface area contributed by atoms with Crippen LogP contribution in [-0.2, 0) is 6.42 Å². The highest BCUT2D eigenvalue weighted by molar-refractivity contribution is 5.01. The molecule has 1 aromatic heterocycles. The molecule has 14 heavy (non-hydrogen) atoms. The van der Waals surface area contributed by atoms with Gasteiger partial charge in [0, 0.05) is 18.9 Å². The van der Waals surface area contributed by atoms with Gasteiger partial charge in [-0.3, -0.25) is 11.3 Å². The van der Waals surface area contributed by atoms with E-state index in [2.05, 4.69) is 17.3 Å². The fourth-order valence-corrected chi connectivity index (χ4v) is 1.24. The highest BCUT2D eigenvalue weighted by Crippen LogP contribution is 2.06. The number of hydrazine groups is 1. The lowest BCUT2D eigenvalue weighted by atomic mass is 10.1. The molecule has 0 saturated heterocycles. The molecule has 1 heterocycles. The lowest BCUT2D eigenvalue weighted by Crippen LogP contribution is -2.35. The van der Waals surface area contributed by atoms with Crippen molar-refractivity contribution >= 4 is 0 Å². The van der Waals surface area contributed by atoms with E-state index < -0.39 is 0 Å². The molecule has 0 aliphatic rings. The largest absolute Gasteiger partial charge is 0.469 e. The molecule has 0 amide bonds. The summed E-state index contributed by atoms with van der Waals surface area (Å²) in [5.41, 5.74) is 2.76. The van der Waals surface area contributed by atoms with Gasteiger partial charge in [0.2, 0.25) is 0 Å². The molecule has 1 atom stereocenters. The van der Waals surface area contributed by atoms with Crippen molar-refractivity contribution in [3.8, 4) is 11.8 Å². The molecule has 1 aromatic rings. The normalized spacial score (nSPS) is 11.9. The Labute approximate surface area is 84.6 Å². The Morgan fingerprint density at radius 3 is 3.07 bits per heavy atom. The maximum absolute atomic E-state index is 5.40. The monoisotopic (exact) mass is 192 g/mol. The minimum Gasteiger partial charge on any atom is -0.469 e. The molecule has 1 rings (SSSR count). The number of hydrogen-bond acceptors (Lipinski definition) is 3. The first-order valence-electron chi connectivity index (χ1n) is 4.75. The molecule has 0 saturated carbocycles. The summed E-state index contributed by atoms with van der Waals surface area (Å²) in [7, 11) is 0. The first-order valence-corrected chi connectivity index (χ1v) is 4.75. The first-order chi connectivity index (χ1) is 6.86. The smallest absolute Gasteiger partial charge is 0.103 e. The van der Waals surface area contributed by atoms with Crippen molar-refractivity contribution in [2.45, 2.75) is 32.2 Å². The molecular formula is C11H16N2O. The third kappa shape index (κ3) is 3.65. The number of furan rings is 1. The zero-order valence-corrected chi connectivity index (χ0v) is 8.42. The summed E-state index contributed by atoms with van der Waals surface area (Å²) >= 11 is 0. The summed E-state index contributed by atoms with van der Waals surface area (Å²) in [6, 6.07) is 4.11. The van der Waals surface area contributed by atoms with E-state index in [0.717, 1.165) is 25.0 Å². The van der Waals surface area contributed by atoms with E-state index >= 15 is 0 Å². The molecule has 3 N–H and O–H groups in total. The summed E-state index contributed by atoms with van der Waals surface area (Å²) < 4.78 is 5.23. The Bertz CT molecular complexity index is 295. The van der Waals surface area contributed by atoms with E-state index in [0.29, 0.717) is 0 Å². The maximum Gasteiger partial charge on any atom is 0.103 e. The standard InChI is InChI=1S/C11H16N2O/c1-2-3-5-10(13-12)7-8-11-6-4-9-14-11/h4,6,9-10,13H,5,7-8,12H2,1H3. The molecule has 0 aromatic carbocycles. The molecule has 0 aliphatic heterocycles. The Hall–Kier alpha value is -1.24. The molecule has 3 nitrogen and oxygen atoms in total. The van der Waals surface area contributed by atoms with Gasteiger partial charge < -0.3 is 4.42 Å². The van der Waals surface area contributed by atoms with Crippen molar-refractivity contribution in [1.82, 2.24) is 5.43 Å². The van der Waals surface area contributed by atoms with Crippen molar-refractivity contribution in [1.29, 1.82) is 0 Å². The van der Waals surface area contributed by atoms with Crippen molar-refractivity contribution in [3.05, 3.63) is 24.2 Å². The van der Waals surface area contributed by atoms with Crippen LogP contribution in [0.15, 0.2) is 22.8 Å². The van der Waals surface area contributed by atoms with Crippen molar-refractivity contribution in [3.63, 3.8) is 0 Å². The Balaban J connectivity index is 2.29. The van der Waals surface area contributed by atoms with Gasteiger partial charge in [-0.25, -0.2) is 0 Å². The summed E-state index contributed by atoms with van der Waals surface area (Å²) in [5, 5.41) is 0. The van der Waals surface area contributed by atoms with Gasteiger partial charge in [0.15, 0.2) is 0 Å². The molecule has 0 aliphatic carbocycles. The molecule has 76 valence electrons. The average Bonchev–Trinajstić information content (AvgIpc) is 2.71. The van der Waals surface area contributed by atoms with E-state index in [4.69, 9.17) is 10.3 Å². The summed E-state index contributed by atoms with van der Waals surface area (Å²) in [5.74, 6) is 12.3. The first kappa shape index (κ1) is 10.8. The Kier molecular flexibility index (Phi) is 4.84. The van der Waals surface area contributed by atoms with Crippen LogP contribution in [0.3, 0.4) is 0 Å². The van der Waals surface area contributed by atoms with Crippen molar-refractivity contribution in [2.75, 3.05) is 0 Å². The van der Waals surface area contributed by atoms with Crippen LogP contribution in [0.2, 0.25) is 0 Å². The van der Waals surface area contributed by atoms with E-state index in [9.17, 15) is 0 Å². The summed E-state index contributed by atoms with van der Waals surface area (Å²) in [6.07, 6.45) is 4.31. The van der Waals surface area contributed by atoms with Gasteiger partial charge in [-0.1, -0.05) is 0 Å². The third-order valence-electron chi connectivity index (χ3n) is 2.08. The molecule has 1 unspecified atom stereocenters. The van der Waals surface area contributed by atoms with Gasteiger partial charge in [-0.05, 0) is 25.5 Å². The number of aryl methyl sites for hydroxylation is 1. The zero-order chi connectivity index (χ0) is 10.2. The average molecular weight is 192 g/mol. The molecule has 3 heteroatoms. The molecule has 0 bridgehead atoms. The van der Waals surface area contributed by atoms with E-state index in [1.165, 1.54) is 0 Å². The van der Waals surface area contributed by atoms with Gasteiger partial charge in [-0.15, -0.1) is 11.8 Å². The van der Waals surface area contributed by atoms with Crippen LogP contribution in [0.25, 0.3) is 0 Å². The number of hydrogen-bond donors (Lipinski definition) is 2. The summed E-state index contributed by atoms with van der Waals surface area (Å²) in [4.78, 5) is 0. The SMILES string of the molecule is CC#CCC(CCc1ccco1)NN. The minimum atomic E-state index is 0.243. The van der Waals surface area contributed by atoms with Crippen LogP contribution in [0.5, 0.6) is 0 Å². The predicted molar refractivity (Wildman–Crippen MR) is 56.2 cm³/mol. The minimum absolute atomic E-state index is 0.243. The van der Waals surface area contributed by atoms with Gasteiger partial charge >= 0.3 is 0 Å². The number of rotatable bonds is 5. The number of nitrogens with one attached hydrogen (secondary N) is 1. The van der Waals surface area contributed by atoms with Gasteiger partial charge in [-0.2, -0.15) is 0 Å². The van der Waals surface area contributed by atoms with Crippen molar-refractivity contribution < 1.29 is 4.42 Å². The second-order valence-electron chi connectivity index (χ2n) is 3.11. The highest BCUT2D eigenvalue weighted by Gasteiger charge is 2.05. The van der Waals surface area contributed by atoms with Crippen LogP contribution < -0.4 is 11.3 Å². The van der Waals surface area contributed by atoms with Gasteiger partial charge in [0.05, 0.1) is 6.26 Å². The molecule has 0 radical (unpaired) electrons. The van der Waals surface area contributed by atoms with Crippen LogP contribution in [0, 0.1) is 11.8 Å². The van der Waals surface area contributed by atoms with Crippen LogP contribution in [0.4, 0.5) is 0 Å². The van der Waals surface area contributed by atoms with E-state index in [1.807, 2.05) is 19.1 Å². The lowest BCUT2D eigenvalue weighted by Gasteiger charge is -2.11. The second-order valence-corrected chi connectivity index (χ2v) is 3.11. The van der Waals surface area contributed by atoms with E-state index in [-0.39, 0.29) is 6.04 Å². The summed E-state index contributed by atoms with van der Waals surface area (Å²) in [6.45, 7) is 1.83. The lowest BCUT2D eigenvalue weighted by molar-refractivity contribution is 0.454. The maximum atomic E-state index is 5.40. The fourth-order valence-electron chi connectivity index (χ4n) is 1.24. The zero-order valence-electron chi connectivity index (χ0n) is 8.42. The topological polar surface area (TPSA) is 51.2 Å². The fraction of sp³-hybridized carbons (Fsp3) is 0.455. The molecule has 0 fully saturated rings. The van der Waals surface area contributed by atoms with Crippen LogP contribution in [0.1, 0.15) is 25.5 Å². The molecular weight excluding hydrogens is 176 g/mol. The Morgan fingerprint density at radius 1 is 1.64 bits per heavy atom. The van der Waals surface area contributed by atoms with Gasteiger partial charge in [0.1, 0.15) is 5.76 Å². The Morgan fingerprint density at radius 2 is 2.50 bits per heavy atom. The number of nitrogens with two attached hydrogens (primary N) is 1. The van der Waals surface area contributed by atoms with Crippen LogP contribution in [-0.4, -0.2) is 6.04 Å². The van der Waals surface area contributed by atoms with Crippen LogP contribution >= 0.6 is 0 Å². The quantitative estimate of drug-likeness (QED) is 0.422. The second kappa shape index (κ2) is 6.25. The molecule has 0 spiro atoms. The predicted octanol–water partition coefficient (Wildman–Crippen LogP) is 1.46. The van der Waals surface area contributed by atoms with E-state index in [1.54, 1.807) is 6.26 Å². The highest BCUT2D eigenvalue weighted by atomic mass is 16.3. The van der Waals surface area contributed by atoms with Gasteiger partial charge in [0.25, 0.3) is 0 Å². The van der Waals surface area contributed by atoms with Crippen molar-refractivity contribution in [2.24, 2.45) is 5.84 Å².